The molecular weight excluding hydrogens is 584 g/mol. The molecule has 0 aliphatic rings. The van der Waals surface area contributed by atoms with Gasteiger partial charge in [-0.2, -0.15) is 0 Å². The van der Waals surface area contributed by atoms with Crippen LogP contribution in [-0.2, 0) is 0 Å². The molecule has 0 atom stereocenters. The van der Waals surface area contributed by atoms with Crippen LogP contribution in [-0.4, -0.2) is 0 Å². The van der Waals surface area contributed by atoms with Crippen LogP contribution in [0.3, 0.4) is 0 Å². The topological polar surface area (TPSA) is 14.1 Å². The van der Waals surface area contributed by atoms with Crippen LogP contribution in [0.25, 0.3) is 33.4 Å². The summed E-state index contributed by atoms with van der Waals surface area (Å²) in [5, 5.41) is 3.03. The number of hydrogen-bond donors (Lipinski definition) is 0. The lowest BCUT2D eigenvalue weighted by atomic mass is 9.91. The van der Waals surface area contributed by atoms with Crippen molar-refractivity contribution in [3.63, 3.8) is 0 Å². The molecule has 1 nitrogen and oxygen atoms in total. The molecule has 0 amide bonds. The molecule has 5 rings (SSSR count). The Bertz CT molecular complexity index is 1530. The number of hydrogen-bond acceptors (Lipinski definition) is 1. The number of nitrogens with zero attached hydrogens (tertiary/aromatic N) is 1. The molecule has 183 valence electrons. The largest absolute Gasteiger partial charge is 0.210 e. The molecule has 0 saturated carbocycles. The molecule has 0 fully saturated rings. The maximum atomic E-state index is 6.46. The van der Waals surface area contributed by atoms with E-state index in [2.05, 4.69) is 12.1 Å². The van der Waals surface area contributed by atoms with Gasteiger partial charge in [-0.3, -0.25) is 0 Å². The van der Waals surface area contributed by atoms with Gasteiger partial charge in [0, 0.05) is 48.1 Å². The zero-order valence-corrected chi connectivity index (χ0v) is 23.7. The fourth-order valence-corrected chi connectivity index (χ4v) is 5.71. The molecule has 0 aliphatic heterocycles. The van der Waals surface area contributed by atoms with Gasteiger partial charge in [0.2, 0.25) is 0 Å². The lowest BCUT2D eigenvalue weighted by Gasteiger charge is -2.18. The minimum Gasteiger partial charge on any atom is -0.210 e. The maximum absolute atomic E-state index is 6.46. The SMILES string of the molecule is Clc1cccc(-c2cc(-c3cccc(Cl)c3)c([N]Sc3ccc(Cl)cc3Cl)c(-c3cccc(Cl)c3)c2)c1. The monoisotopic (exact) mass is 598 g/mol. The van der Waals surface area contributed by atoms with Gasteiger partial charge < -0.3 is 0 Å². The molecule has 0 aromatic heterocycles. The third-order valence-corrected chi connectivity index (χ3v) is 7.86. The molecule has 0 aliphatic carbocycles. The standard InChI is InChI=1S/C30H17Cl5NS/c31-22-7-1-4-18(12-22)21-15-26(19-5-2-8-23(32)13-19)30(27(16-21)20-6-3-9-24(33)14-20)36-37-29-11-10-25(34)17-28(29)35/h1-17H. The van der Waals surface area contributed by atoms with Crippen LogP contribution >= 0.6 is 70.0 Å². The second kappa shape index (κ2) is 11.6. The Morgan fingerprint density at radius 1 is 0.459 bits per heavy atom. The zero-order chi connectivity index (χ0) is 25.9. The van der Waals surface area contributed by atoms with Gasteiger partial charge in [-0.05, 0) is 89.0 Å². The minimum absolute atomic E-state index is 0.533. The van der Waals surface area contributed by atoms with Crippen LogP contribution in [0.2, 0.25) is 25.1 Å². The van der Waals surface area contributed by atoms with Gasteiger partial charge in [0.25, 0.3) is 0 Å². The summed E-state index contributed by atoms with van der Waals surface area (Å²) in [6.07, 6.45) is 0. The zero-order valence-electron chi connectivity index (χ0n) is 19.1. The predicted octanol–water partition coefficient (Wildman–Crippen LogP) is 11.9. The summed E-state index contributed by atoms with van der Waals surface area (Å²) in [5.74, 6) is 0. The molecule has 0 N–H and O–H groups in total. The fraction of sp³-hybridized carbons (Fsp3) is 0. The Kier molecular flexibility index (Phi) is 8.26. The molecule has 5 aromatic carbocycles. The van der Waals surface area contributed by atoms with E-state index in [-0.39, 0.29) is 0 Å². The molecule has 0 bridgehead atoms. The van der Waals surface area contributed by atoms with Crippen molar-refractivity contribution >= 4 is 75.6 Å². The summed E-state index contributed by atoms with van der Waals surface area (Å²) in [5.41, 5.74) is 6.42. The first-order chi connectivity index (χ1) is 17.9. The third-order valence-electron chi connectivity index (χ3n) is 5.67. The van der Waals surface area contributed by atoms with E-state index in [0.717, 1.165) is 44.0 Å². The Balaban J connectivity index is 1.74. The van der Waals surface area contributed by atoms with Crippen LogP contribution in [0.5, 0.6) is 0 Å². The molecular formula is C30H17Cl5NS. The van der Waals surface area contributed by atoms with Gasteiger partial charge in [-0.15, -0.1) is 0 Å². The summed E-state index contributed by atoms with van der Waals surface area (Å²) in [4.78, 5) is 0.791. The average Bonchev–Trinajstić information content (AvgIpc) is 2.88. The van der Waals surface area contributed by atoms with Gasteiger partial charge in [-0.25, -0.2) is 4.72 Å². The normalized spacial score (nSPS) is 10.9. The summed E-state index contributed by atoms with van der Waals surface area (Å²) in [7, 11) is 0. The Morgan fingerprint density at radius 2 is 0.946 bits per heavy atom. The van der Waals surface area contributed by atoms with Crippen LogP contribution in [0.4, 0.5) is 5.69 Å². The molecule has 7 heteroatoms. The van der Waals surface area contributed by atoms with E-state index in [1.807, 2.05) is 78.9 Å². The van der Waals surface area contributed by atoms with E-state index >= 15 is 0 Å². The van der Waals surface area contributed by atoms with Crippen molar-refractivity contribution in [1.82, 2.24) is 4.72 Å². The molecule has 0 spiro atoms. The van der Waals surface area contributed by atoms with Gasteiger partial charge in [-0.1, -0.05) is 94.4 Å². The van der Waals surface area contributed by atoms with Crippen LogP contribution < -0.4 is 4.72 Å². The van der Waals surface area contributed by atoms with Crippen molar-refractivity contribution in [3.8, 4) is 33.4 Å². The van der Waals surface area contributed by atoms with E-state index in [1.165, 1.54) is 11.9 Å². The molecule has 1 radical (unpaired) electrons. The fourth-order valence-electron chi connectivity index (χ4n) is 3.96. The second-order valence-corrected chi connectivity index (χ2v) is 11.2. The Morgan fingerprint density at radius 3 is 1.46 bits per heavy atom. The van der Waals surface area contributed by atoms with Crippen LogP contribution in [0.1, 0.15) is 0 Å². The van der Waals surface area contributed by atoms with E-state index in [1.54, 1.807) is 12.1 Å². The molecule has 0 heterocycles. The molecule has 0 saturated heterocycles. The van der Waals surface area contributed by atoms with E-state index in [4.69, 9.17) is 62.7 Å². The number of rotatable bonds is 6. The molecule has 5 aromatic rings. The van der Waals surface area contributed by atoms with E-state index in [0.29, 0.717) is 25.1 Å². The van der Waals surface area contributed by atoms with E-state index < -0.39 is 0 Å². The number of halogens is 5. The Labute approximate surface area is 245 Å². The van der Waals surface area contributed by atoms with Crippen molar-refractivity contribution in [2.75, 3.05) is 0 Å². The first-order valence-electron chi connectivity index (χ1n) is 11.2. The highest BCUT2D eigenvalue weighted by atomic mass is 35.5. The van der Waals surface area contributed by atoms with E-state index in [9.17, 15) is 0 Å². The van der Waals surface area contributed by atoms with Crippen LogP contribution in [0, 0.1) is 0 Å². The quantitative estimate of drug-likeness (QED) is 0.177. The average molecular weight is 601 g/mol. The third kappa shape index (κ3) is 6.23. The highest BCUT2D eigenvalue weighted by Gasteiger charge is 2.18. The predicted molar refractivity (Wildman–Crippen MR) is 162 cm³/mol. The van der Waals surface area contributed by atoms with Crippen LogP contribution in [0.15, 0.2) is 108 Å². The van der Waals surface area contributed by atoms with Gasteiger partial charge in [0.1, 0.15) is 0 Å². The summed E-state index contributed by atoms with van der Waals surface area (Å²) < 4.78 is 5.01. The summed E-state index contributed by atoms with van der Waals surface area (Å²) in [6, 6.07) is 32.8. The van der Waals surface area contributed by atoms with Crippen molar-refractivity contribution in [1.29, 1.82) is 0 Å². The first-order valence-corrected chi connectivity index (χ1v) is 13.8. The summed E-state index contributed by atoms with van der Waals surface area (Å²) >= 11 is 33.0. The van der Waals surface area contributed by atoms with Crippen molar-refractivity contribution in [2.24, 2.45) is 0 Å². The van der Waals surface area contributed by atoms with Gasteiger partial charge >= 0.3 is 0 Å². The van der Waals surface area contributed by atoms with Gasteiger partial charge in [0.15, 0.2) is 0 Å². The van der Waals surface area contributed by atoms with Crippen molar-refractivity contribution < 1.29 is 0 Å². The first kappa shape index (κ1) is 26.3. The van der Waals surface area contributed by atoms with Gasteiger partial charge in [0.05, 0.1) is 10.7 Å². The lowest BCUT2D eigenvalue weighted by molar-refractivity contribution is 1.34. The second-order valence-electron chi connectivity index (χ2n) is 8.21. The maximum Gasteiger partial charge on any atom is 0.0874 e. The van der Waals surface area contributed by atoms with Crippen molar-refractivity contribution in [3.05, 3.63) is 128 Å². The molecule has 37 heavy (non-hydrogen) atoms. The highest BCUT2D eigenvalue weighted by Crippen LogP contribution is 2.44. The highest BCUT2D eigenvalue weighted by molar-refractivity contribution is 7.97. The smallest absolute Gasteiger partial charge is 0.0874 e. The minimum atomic E-state index is 0.533. The lowest BCUT2D eigenvalue weighted by Crippen LogP contribution is -1.96. The summed E-state index contributed by atoms with van der Waals surface area (Å²) in [6.45, 7) is 0. The molecule has 0 unspecified atom stereocenters. The Hall–Kier alpha value is -2.30. The van der Waals surface area contributed by atoms with Crippen molar-refractivity contribution in [2.45, 2.75) is 4.90 Å². The number of benzene rings is 5.